The number of nitrogens with one attached hydrogen (secondary N) is 1. The number of alkyl halides is 3. The maximum atomic E-state index is 13.8. The van der Waals surface area contributed by atoms with Crippen LogP contribution in [0.4, 0.5) is 17.6 Å². The summed E-state index contributed by atoms with van der Waals surface area (Å²) in [5, 5.41) is 2.58. The van der Waals surface area contributed by atoms with Crippen LogP contribution in [0.2, 0.25) is 0 Å². The van der Waals surface area contributed by atoms with Crippen molar-refractivity contribution in [1.82, 2.24) is 9.88 Å². The highest BCUT2D eigenvalue weighted by molar-refractivity contribution is 7.90. The fourth-order valence-electron chi connectivity index (χ4n) is 3.79. The number of benzene rings is 2. The average Bonchev–Trinajstić information content (AvgIpc) is 2.77. The van der Waals surface area contributed by atoms with E-state index in [1.165, 1.54) is 30.5 Å². The summed E-state index contributed by atoms with van der Waals surface area (Å²) in [5.74, 6) is -2.23. The zero-order chi connectivity index (χ0) is 27.0. The number of nitrogens with zero attached hydrogens (tertiary/aromatic N) is 1. The Morgan fingerprint density at radius 1 is 1.08 bits per heavy atom. The van der Waals surface area contributed by atoms with Crippen LogP contribution in [-0.2, 0) is 22.6 Å². The summed E-state index contributed by atoms with van der Waals surface area (Å²) in [6.07, 6.45) is -2.56. The molecule has 0 radical (unpaired) electrons. The molecule has 2 aromatic carbocycles. The molecule has 0 unspecified atom stereocenters. The third kappa shape index (κ3) is 5.67. The molecule has 1 aromatic heterocycles. The lowest BCUT2D eigenvalue weighted by molar-refractivity contribution is -0.139. The zero-order valence-electron chi connectivity index (χ0n) is 19.9. The van der Waals surface area contributed by atoms with E-state index in [9.17, 15) is 35.6 Å². The van der Waals surface area contributed by atoms with Gasteiger partial charge in [0.25, 0.3) is 5.91 Å². The van der Waals surface area contributed by atoms with Crippen molar-refractivity contribution in [2.24, 2.45) is 0 Å². The predicted molar refractivity (Wildman–Crippen MR) is 127 cm³/mol. The normalized spacial score (nSPS) is 12.1. The van der Waals surface area contributed by atoms with Crippen molar-refractivity contribution in [2.75, 3.05) is 6.26 Å². The molecule has 1 heterocycles. The summed E-state index contributed by atoms with van der Waals surface area (Å²) < 4.78 is 78.5. The SMILES string of the molecule is Cc1c(-c2ccc(F)c(C(F)(F)F)c2)c(=O)c(C(=O)NCc2ccc(S(C)(=O)=O)cc2)cn1C(C)C. The highest BCUT2D eigenvalue weighted by atomic mass is 32.2. The number of amides is 1. The number of aromatic nitrogens is 1. The lowest BCUT2D eigenvalue weighted by Crippen LogP contribution is -2.31. The van der Waals surface area contributed by atoms with Gasteiger partial charge in [0.1, 0.15) is 11.4 Å². The van der Waals surface area contributed by atoms with E-state index < -0.39 is 38.7 Å². The summed E-state index contributed by atoms with van der Waals surface area (Å²) in [6, 6.07) is 7.84. The van der Waals surface area contributed by atoms with Gasteiger partial charge < -0.3 is 9.88 Å². The van der Waals surface area contributed by atoms with Crippen LogP contribution in [0, 0.1) is 12.7 Å². The molecule has 3 aromatic rings. The first-order valence-electron chi connectivity index (χ1n) is 10.8. The standard InChI is InChI=1S/C25H24F4N2O4S/c1-14(2)31-13-19(24(33)30-12-16-5-8-18(9-6-16)36(4,34)35)23(32)22(15(31)3)17-7-10-21(26)20(11-17)25(27,28)29/h5-11,13-14H,12H2,1-4H3,(H,30,33). The minimum absolute atomic E-state index is 0.0258. The topological polar surface area (TPSA) is 85.2 Å². The molecular formula is C25H24F4N2O4S. The Kier molecular flexibility index (Phi) is 7.45. The number of halogens is 4. The van der Waals surface area contributed by atoms with E-state index in [1.54, 1.807) is 25.3 Å². The Hall–Kier alpha value is -3.47. The van der Waals surface area contributed by atoms with Gasteiger partial charge in [0, 0.05) is 36.3 Å². The second-order valence-corrected chi connectivity index (χ2v) is 10.6. The quantitative estimate of drug-likeness (QED) is 0.465. The molecule has 6 nitrogen and oxygen atoms in total. The Labute approximate surface area is 205 Å². The number of carbonyl (C=O) groups excluding carboxylic acids is 1. The van der Waals surface area contributed by atoms with E-state index >= 15 is 0 Å². The summed E-state index contributed by atoms with van der Waals surface area (Å²) in [5.41, 5.74) is -2.01. The van der Waals surface area contributed by atoms with Gasteiger partial charge in [0.05, 0.1) is 10.5 Å². The van der Waals surface area contributed by atoms with Crippen LogP contribution in [0.15, 0.2) is 58.4 Å². The third-order valence-corrected chi connectivity index (χ3v) is 6.78. The lowest BCUT2D eigenvalue weighted by atomic mass is 9.98. The molecule has 0 saturated carbocycles. The number of rotatable bonds is 6. The molecular weight excluding hydrogens is 500 g/mol. The van der Waals surface area contributed by atoms with Crippen LogP contribution in [0.1, 0.15) is 47.1 Å². The second-order valence-electron chi connectivity index (χ2n) is 8.62. The van der Waals surface area contributed by atoms with Crippen LogP contribution < -0.4 is 10.7 Å². The van der Waals surface area contributed by atoms with Gasteiger partial charge in [-0.1, -0.05) is 18.2 Å². The van der Waals surface area contributed by atoms with Crippen molar-refractivity contribution in [3.05, 3.63) is 87.1 Å². The molecule has 36 heavy (non-hydrogen) atoms. The molecule has 192 valence electrons. The first-order valence-corrected chi connectivity index (χ1v) is 12.7. The lowest BCUT2D eigenvalue weighted by Gasteiger charge is -2.20. The Bertz CT molecular complexity index is 1480. The largest absolute Gasteiger partial charge is 0.419 e. The molecule has 1 N–H and O–H groups in total. The van der Waals surface area contributed by atoms with Gasteiger partial charge in [0.2, 0.25) is 5.43 Å². The molecule has 0 fully saturated rings. The molecule has 0 aliphatic rings. The molecule has 0 aliphatic heterocycles. The minimum atomic E-state index is -4.97. The molecule has 0 bridgehead atoms. The van der Waals surface area contributed by atoms with Crippen molar-refractivity contribution in [1.29, 1.82) is 0 Å². The van der Waals surface area contributed by atoms with E-state index in [4.69, 9.17) is 0 Å². The van der Waals surface area contributed by atoms with Gasteiger partial charge >= 0.3 is 6.18 Å². The number of carbonyl (C=O) groups is 1. The number of hydrogen-bond acceptors (Lipinski definition) is 4. The summed E-state index contributed by atoms with van der Waals surface area (Å²) >= 11 is 0. The van der Waals surface area contributed by atoms with Gasteiger partial charge in [0.15, 0.2) is 9.84 Å². The monoisotopic (exact) mass is 524 g/mol. The van der Waals surface area contributed by atoms with Gasteiger partial charge in [-0.2, -0.15) is 13.2 Å². The van der Waals surface area contributed by atoms with E-state index in [-0.39, 0.29) is 34.2 Å². The smallest absolute Gasteiger partial charge is 0.348 e. The van der Waals surface area contributed by atoms with Crippen molar-refractivity contribution >= 4 is 15.7 Å². The number of hydrogen-bond donors (Lipinski definition) is 1. The highest BCUT2D eigenvalue weighted by Gasteiger charge is 2.35. The Morgan fingerprint density at radius 3 is 2.22 bits per heavy atom. The fourth-order valence-corrected chi connectivity index (χ4v) is 4.42. The zero-order valence-corrected chi connectivity index (χ0v) is 20.7. The van der Waals surface area contributed by atoms with Crippen molar-refractivity contribution in [2.45, 2.75) is 44.4 Å². The Morgan fingerprint density at radius 2 is 1.69 bits per heavy atom. The minimum Gasteiger partial charge on any atom is -0.348 e. The van der Waals surface area contributed by atoms with E-state index in [2.05, 4.69) is 5.32 Å². The molecule has 11 heteroatoms. The number of sulfone groups is 1. The van der Waals surface area contributed by atoms with E-state index in [1.807, 2.05) is 0 Å². The van der Waals surface area contributed by atoms with Crippen LogP contribution >= 0.6 is 0 Å². The van der Waals surface area contributed by atoms with Crippen LogP contribution in [0.25, 0.3) is 11.1 Å². The molecule has 0 atom stereocenters. The maximum absolute atomic E-state index is 13.8. The van der Waals surface area contributed by atoms with Gasteiger partial charge in [-0.05, 0) is 56.2 Å². The summed E-state index contributed by atoms with van der Waals surface area (Å²) in [4.78, 5) is 26.4. The Balaban J connectivity index is 2.04. The summed E-state index contributed by atoms with van der Waals surface area (Å²) in [7, 11) is -3.39. The van der Waals surface area contributed by atoms with Gasteiger partial charge in [-0.25, -0.2) is 12.8 Å². The first kappa shape index (κ1) is 27.1. The predicted octanol–water partition coefficient (Wildman–Crippen LogP) is 4.90. The molecule has 3 rings (SSSR count). The van der Waals surface area contributed by atoms with Crippen LogP contribution in [0.3, 0.4) is 0 Å². The van der Waals surface area contributed by atoms with Crippen LogP contribution in [0.5, 0.6) is 0 Å². The van der Waals surface area contributed by atoms with Crippen molar-refractivity contribution in [3.8, 4) is 11.1 Å². The molecule has 0 aliphatic carbocycles. The third-order valence-electron chi connectivity index (χ3n) is 5.65. The fraction of sp³-hybridized carbons (Fsp3) is 0.280. The van der Waals surface area contributed by atoms with E-state index in [0.29, 0.717) is 23.4 Å². The average molecular weight is 525 g/mol. The van der Waals surface area contributed by atoms with Crippen molar-refractivity contribution < 1.29 is 30.8 Å². The van der Waals surface area contributed by atoms with Crippen molar-refractivity contribution in [3.63, 3.8) is 0 Å². The maximum Gasteiger partial charge on any atom is 0.419 e. The molecule has 1 amide bonds. The highest BCUT2D eigenvalue weighted by Crippen LogP contribution is 2.34. The number of pyridine rings is 1. The van der Waals surface area contributed by atoms with Gasteiger partial charge in [-0.15, -0.1) is 0 Å². The van der Waals surface area contributed by atoms with Crippen LogP contribution in [-0.4, -0.2) is 25.1 Å². The van der Waals surface area contributed by atoms with Gasteiger partial charge in [-0.3, -0.25) is 9.59 Å². The first-order chi connectivity index (χ1) is 16.6. The second kappa shape index (κ2) is 9.88. The van der Waals surface area contributed by atoms with E-state index in [0.717, 1.165) is 12.3 Å². The summed E-state index contributed by atoms with van der Waals surface area (Å²) in [6.45, 7) is 5.07. The molecule has 0 saturated heterocycles. The molecule has 0 spiro atoms.